The second-order valence-corrected chi connectivity index (χ2v) is 12.5. The summed E-state index contributed by atoms with van der Waals surface area (Å²) in [7, 11) is -5.43. The molecule has 15 heteroatoms. The molecule has 1 aromatic heterocycles. The Hall–Kier alpha value is -2.85. The van der Waals surface area contributed by atoms with Crippen molar-refractivity contribution in [2.24, 2.45) is 0 Å². The van der Waals surface area contributed by atoms with Crippen LogP contribution in [0.25, 0.3) is 6.08 Å². The van der Waals surface area contributed by atoms with Crippen LogP contribution in [0.1, 0.15) is 18.1 Å². The largest absolute Gasteiger partial charge is 0.501 e. The molecule has 0 unspecified atom stereocenters. The fourth-order valence-corrected chi connectivity index (χ4v) is 6.09. The molecule has 40 heavy (non-hydrogen) atoms. The van der Waals surface area contributed by atoms with Crippen LogP contribution in [0.15, 0.2) is 66.1 Å². The van der Waals surface area contributed by atoms with Crippen molar-refractivity contribution in [1.29, 1.82) is 0 Å². The van der Waals surface area contributed by atoms with Gasteiger partial charge in [0.15, 0.2) is 6.29 Å². The minimum absolute atomic E-state index is 0.100. The molecule has 1 aliphatic rings. The molecule has 4 rings (SSSR count). The summed E-state index contributed by atoms with van der Waals surface area (Å²) >= 11 is 1.28. The number of ether oxygens (including phenoxy) is 2. The minimum atomic E-state index is -5.43. The van der Waals surface area contributed by atoms with E-state index in [9.17, 15) is 35.5 Å². The Morgan fingerprint density at radius 3 is 2.40 bits per heavy atom. The van der Waals surface area contributed by atoms with E-state index >= 15 is 0 Å². The number of hydrogen-bond acceptors (Lipinski definition) is 8. The highest BCUT2D eigenvalue weighted by Gasteiger charge is 2.46. The molecule has 0 radical (unpaired) electrons. The van der Waals surface area contributed by atoms with Gasteiger partial charge in [0.25, 0.3) is 9.84 Å². The van der Waals surface area contributed by atoms with Crippen molar-refractivity contribution in [1.82, 2.24) is 14.8 Å². The molecule has 1 saturated heterocycles. The van der Waals surface area contributed by atoms with Gasteiger partial charge in [-0.05, 0) is 29.8 Å². The first-order valence-electron chi connectivity index (χ1n) is 11.8. The van der Waals surface area contributed by atoms with Crippen LogP contribution >= 0.6 is 11.8 Å². The molecule has 216 valence electrons. The van der Waals surface area contributed by atoms with Crippen LogP contribution in [0.5, 0.6) is 0 Å². The molecular formula is C25H24F5N3O5S2. The van der Waals surface area contributed by atoms with Crippen molar-refractivity contribution >= 4 is 27.7 Å². The zero-order valence-electron chi connectivity index (χ0n) is 20.8. The van der Waals surface area contributed by atoms with Gasteiger partial charge in [-0.2, -0.15) is 18.3 Å². The highest BCUT2D eigenvalue weighted by molar-refractivity contribution is 8.00. The van der Waals surface area contributed by atoms with E-state index < -0.39 is 49.0 Å². The fraction of sp³-hybridized carbons (Fsp3) is 0.360. The van der Waals surface area contributed by atoms with Crippen LogP contribution in [0, 0.1) is 11.6 Å². The lowest BCUT2D eigenvalue weighted by Crippen LogP contribution is -2.43. The van der Waals surface area contributed by atoms with Crippen molar-refractivity contribution in [2.45, 2.75) is 46.3 Å². The SMILES string of the molecule is C[C@@H](SC1COC(/C=C/c2ccc(S(=O)(=O)C(F)(F)F)cc2)OC1)[C@](O)(Cn1cncn1)c1ccc(F)cc1F. The molecule has 2 heterocycles. The third kappa shape index (κ3) is 6.71. The van der Waals surface area contributed by atoms with Crippen LogP contribution in [-0.4, -0.2) is 63.8 Å². The van der Waals surface area contributed by atoms with Crippen molar-refractivity contribution in [3.63, 3.8) is 0 Å². The van der Waals surface area contributed by atoms with E-state index in [-0.39, 0.29) is 30.6 Å². The highest BCUT2D eigenvalue weighted by atomic mass is 32.2. The van der Waals surface area contributed by atoms with Crippen LogP contribution < -0.4 is 0 Å². The van der Waals surface area contributed by atoms with Crippen molar-refractivity contribution in [3.8, 4) is 0 Å². The predicted molar refractivity (Wildman–Crippen MR) is 136 cm³/mol. The standard InChI is InChI=1S/C25H24F5N3O5S2/c1-16(24(34,13-33-15-31-14-32-33)21-8-5-18(26)10-22(21)27)39-19-11-37-23(38-12-19)9-4-17-2-6-20(7-3-17)40(35,36)25(28,29)30/h2-10,14-16,19,23,34H,11-13H2,1H3/b9-4+/t16-,19?,23?,24-/m1/s1. The minimum Gasteiger partial charge on any atom is -0.382 e. The summed E-state index contributed by atoms with van der Waals surface area (Å²) in [5, 5.41) is 14.7. The number of alkyl halides is 3. The molecule has 8 nitrogen and oxygen atoms in total. The molecule has 0 saturated carbocycles. The monoisotopic (exact) mass is 605 g/mol. The first-order valence-corrected chi connectivity index (χ1v) is 14.2. The van der Waals surface area contributed by atoms with Crippen LogP contribution in [0.3, 0.4) is 0 Å². The molecule has 2 atom stereocenters. The van der Waals surface area contributed by atoms with Gasteiger partial charge in [-0.15, -0.1) is 11.8 Å². The Morgan fingerprint density at radius 1 is 1.15 bits per heavy atom. The summed E-state index contributed by atoms with van der Waals surface area (Å²) in [5.74, 6) is -1.68. The number of aliphatic hydroxyl groups is 1. The number of sulfone groups is 1. The highest BCUT2D eigenvalue weighted by Crippen LogP contribution is 2.39. The number of aromatic nitrogens is 3. The van der Waals surface area contributed by atoms with Gasteiger partial charge in [-0.1, -0.05) is 31.2 Å². The lowest BCUT2D eigenvalue weighted by molar-refractivity contribution is -0.146. The van der Waals surface area contributed by atoms with Gasteiger partial charge in [0.2, 0.25) is 0 Å². The van der Waals surface area contributed by atoms with Gasteiger partial charge in [-0.3, -0.25) is 0 Å². The van der Waals surface area contributed by atoms with Crippen molar-refractivity contribution < 1.29 is 45.0 Å². The smallest absolute Gasteiger partial charge is 0.382 e. The zero-order chi connectivity index (χ0) is 29.1. The number of benzene rings is 2. The van der Waals surface area contributed by atoms with Crippen molar-refractivity contribution in [2.75, 3.05) is 13.2 Å². The summed E-state index contributed by atoms with van der Waals surface area (Å²) in [6, 6.07) is 7.14. The summed E-state index contributed by atoms with van der Waals surface area (Å²) in [5.41, 5.74) is -6.85. The van der Waals surface area contributed by atoms with E-state index in [0.717, 1.165) is 18.2 Å². The van der Waals surface area contributed by atoms with E-state index in [2.05, 4.69) is 10.1 Å². The maximum atomic E-state index is 14.7. The Morgan fingerprint density at radius 2 is 1.82 bits per heavy atom. The van der Waals surface area contributed by atoms with E-state index in [1.807, 2.05) is 0 Å². The molecule has 1 aliphatic heterocycles. The van der Waals surface area contributed by atoms with Gasteiger partial charge in [0.05, 0.1) is 29.9 Å². The molecule has 0 spiro atoms. The molecule has 1 fully saturated rings. The topological polar surface area (TPSA) is 104 Å². The number of hydrogen-bond donors (Lipinski definition) is 1. The molecule has 0 bridgehead atoms. The summed E-state index contributed by atoms with van der Waals surface area (Å²) in [6.45, 7) is 1.93. The number of nitrogens with zero attached hydrogens (tertiary/aromatic N) is 3. The third-order valence-corrected chi connectivity index (χ3v) is 9.13. The molecular weight excluding hydrogens is 581 g/mol. The van der Waals surface area contributed by atoms with Crippen LogP contribution in [0.4, 0.5) is 22.0 Å². The lowest BCUT2D eigenvalue weighted by Gasteiger charge is -2.37. The first-order chi connectivity index (χ1) is 18.8. The van der Waals surface area contributed by atoms with Gasteiger partial charge in [0.1, 0.15) is 29.9 Å². The second kappa shape index (κ2) is 11.9. The zero-order valence-corrected chi connectivity index (χ0v) is 22.5. The van der Waals surface area contributed by atoms with Crippen molar-refractivity contribution in [3.05, 3.63) is 84.0 Å². The van der Waals surface area contributed by atoms with Gasteiger partial charge in [0, 0.05) is 16.9 Å². The normalized spacial score (nSPS) is 20.9. The average Bonchev–Trinajstić information content (AvgIpc) is 3.40. The third-order valence-electron chi connectivity index (χ3n) is 6.17. The number of halogens is 5. The average molecular weight is 606 g/mol. The first kappa shape index (κ1) is 30.1. The molecule has 0 amide bonds. The lowest BCUT2D eigenvalue weighted by atomic mass is 9.90. The summed E-state index contributed by atoms with van der Waals surface area (Å²) in [4.78, 5) is 2.99. The Bertz CT molecular complexity index is 1430. The van der Waals surface area contributed by atoms with E-state index in [1.54, 1.807) is 6.92 Å². The van der Waals surface area contributed by atoms with Gasteiger partial charge in [-0.25, -0.2) is 26.9 Å². The maximum Gasteiger partial charge on any atom is 0.501 e. The molecule has 0 aliphatic carbocycles. The summed E-state index contributed by atoms with van der Waals surface area (Å²) in [6.07, 6.45) is 4.89. The Balaban J connectivity index is 1.38. The maximum absolute atomic E-state index is 14.7. The van der Waals surface area contributed by atoms with E-state index in [4.69, 9.17) is 9.47 Å². The Labute approximate surface area is 230 Å². The quantitative estimate of drug-likeness (QED) is 0.360. The van der Waals surface area contributed by atoms with Gasteiger partial charge < -0.3 is 14.6 Å². The second-order valence-electron chi connectivity index (χ2n) is 8.95. The fourth-order valence-electron chi connectivity index (χ4n) is 4.01. The molecule has 2 aromatic carbocycles. The predicted octanol–water partition coefficient (Wildman–Crippen LogP) is 4.31. The van der Waals surface area contributed by atoms with Crippen LogP contribution in [0.2, 0.25) is 0 Å². The van der Waals surface area contributed by atoms with Gasteiger partial charge >= 0.3 is 5.51 Å². The summed E-state index contributed by atoms with van der Waals surface area (Å²) < 4.78 is 102. The number of thioether (sulfide) groups is 1. The van der Waals surface area contributed by atoms with E-state index in [1.165, 1.54) is 59.4 Å². The molecule has 1 N–H and O–H groups in total. The van der Waals surface area contributed by atoms with Crippen LogP contribution in [-0.2, 0) is 31.5 Å². The van der Waals surface area contributed by atoms with E-state index in [0.29, 0.717) is 11.6 Å². The number of rotatable bonds is 9. The molecule has 3 aromatic rings. The Kier molecular flexibility index (Phi) is 8.99.